The highest BCUT2D eigenvalue weighted by Gasteiger charge is 2.48. The number of hydrogen-bond donors (Lipinski definition) is 1. The highest BCUT2D eigenvalue weighted by atomic mass is 79.9. The highest BCUT2D eigenvalue weighted by molar-refractivity contribution is 9.10. The molecule has 0 atom stereocenters. The average Bonchev–Trinajstić information content (AvgIpc) is 2.66. The molecule has 0 bridgehead atoms. The summed E-state index contributed by atoms with van der Waals surface area (Å²) < 4.78 is 0.841. The van der Waals surface area contributed by atoms with E-state index in [1.54, 1.807) is 12.4 Å². The van der Waals surface area contributed by atoms with E-state index in [1.165, 1.54) is 0 Å². The van der Waals surface area contributed by atoms with E-state index < -0.39 is 5.41 Å². The number of piperidine rings is 1. The third-order valence-corrected chi connectivity index (χ3v) is 4.96. The molecule has 1 aromatic rings. The minimum absolute atomic E-state index is 0.123. The Hall–Kier alpha value is -1.14. The smallest absolute Gasteiger partial charge is 0.233 e. The highest BCUT2D eigenvalue weighted by Crippen LogP contribution is 2.42. The number of amides is 2. The Morgan fingerprint density at radius 3 is 2.55 bits per heavy atom. The molecule has 20 heavy (non-hydrogen) atoms. The molecule has 0 radical (unpaired) electrons. The first-order valence-corrected chi connectivity index (χ1v) is 7.57. The van der Waals surface area contributed by atoms with Crippen molar-refractivity contribution >= 4 is 45.0 Å². The average molecular weight is 359 g/mol. The second-order valence-electron chi connectivity index (χ2n) is 5.27. The molecule has 3 rings (SSSR count). The van der Waals surface area contributed by atoms with E-state index in [1.807, 2.05) is 0 Å². The fourth-order valence-corrected chi connectivity index (χ4v) is 3.93. The van der Waals surface area contributed by atoms with E-state index in [-0.39, 0.29) is 11.8 Å². The van der Waals surface area contributed by atoms with Crippen LogP contribution in [0.25, 0.3) is 0 Å². The fraction of sp³-hybridized carbons (Fsp3) is 0.462. The van der Waals surface area contributed by atoms with E-state index in [0.717, 1.165) is 10.2 Å². The van der Waals surface area contributed by atoms with Gasteiger partial charge in [0.15, 0.2) is 0 Å². The lowest BCUT2D eigenvalue weighted by Gasteiger charge is -2.38. The van der Waals surface area contributed by atoms with E-state index in [4.69, 9.17) is 11.6 Å². The number of halogens is 2. The van der Waals surface area contributed by atoms with Crippen molar-refractivity contribution < 1.29 is 9.59 Å². The van der Waals surface area contributed by atoms with Crippen molar-refractivity contribution in [2.24, 2.45) is 5.41 Å². The molecule has 2 aliphatic heterocycles. The first-order valence-electron chi connectivity index (χ1n) is 6.40. The van der Waals surface area contributed by atoms with Crippen LogP contribution in [0.15, 0.2) is 16.9 Å². The van der Waals surface area contributed by atoms with E-state index in [0.29, 0.717) is 37.4 Å². The number of pyridine rings is 1. The summed E-state index contributed by atoms with van der Waals surface area (Å²) in [6.45, 7) is 1.39. The molecule has 0 aliphatic carbocycles. The van der Waals surface area contributed by atoms with Crippen LogP contribution in [0.4, 0.5) is 5.69 Å². The molecule has 0 unspecified atom stereocenters. The van der Waals surface area contributed by atoms with Crippen molar-refractivity contribution in [2.75, 3.05) is 18.0 Å². The maximum absolute atomic E-state index is 11.9. The number of carbonyl (C=O) groups is 2. The van der Waals surface area contributed by atoms with Gasteiger partial charge in [0, 0.05) is 31.9 Å². The number of carbonyl (C=O) groups excluding carboxylic acids is 2. The van der Waals surface area contributed by atoms with Crippen molar-refractivity contribution in [3.63, 3.8) is 0 Å². The molecule has 3 heterocycles. The van der Waals surface area contributed by atoms with Gasteiger partial charge < -0.3 is 4.90 Å². The third-order valence-electron chi connectivity index (χ3n) is 4.10. The molecule has 1 N–H and O–H groups in total. The van der Waals surface area contributed by atoms with Gasteiger partial charge in [-0.15, -0.1) is 0 Å². The van der Waals surface area contributed by atoms with Crippen LogP contribution in [0, 0.1) is 5.41 Å². The maximum atomic E-state index is 11.9. The van der Waals surface area contributed by atoms with Gasteiger partial charge in [-0.2, -0.15) is 0 Å². The zero-order valence-corrected chi connectivity index (χ0v) is 13.0. The van der Waals surface area contributed by atoms with Gasteiger partial charge in [-0.05, 0) is 28.8 Å². The lowest BCUT2D eigenvalue weighted by molar-refractivity contribution is -0.129. The summed E-state index contributed by atoms with van der Waals surface area (Å²) >= 11 is 9.66. The van der Waals surface area contributed by atoms with Crippen molar-refractivity contribution in [1.82, 2.24) is 10.3 Å². The molecule has 7 heteroatoms. The summed E-state index contributed by atoms with van der Waals surface area (Å²) in [6.07, 6.45) is 4.95. The third kappa shape index (κ3) is 2.20. The van der Waals surface area contributed by atoms with E-state index >= 15 is 0 Å². The molecule has 0 saturated carbocycles. The molecule has 1 aromatic heterocycles. The zero-order valence-electron chi connectivity index (χ0n) is 10.7. The zero-order chi connectivity index (χ0) is 14.3. The molecule has 2 amide bonds. The van der Waals surface area contributed by atoms with Crippen molar-refractivity contribution in [3.05, 3.63) is 21.9 Å². The number of rotatable bonds is 1. The number of hydrogen-bond acceptors (Lipinski definition) is 4. The van der Waals surface area contributed by atoms with Crippen LogP contribution in [-0.4, -0.2) is 29.9 Å². The molecule has 1 spiro atoms. The largest absolute Gasteiger partial charge is 0.369 e. The van der Waals surface area contributed by atoms with Gasteiger partial charge in [0.05, 0.1) is 20.6 Å². The van der Waals surface area contributed by atoms with Crippen LogP contribution < -0.4 is 10.2 Å². The Labute approximate surface area is 129 Å². The van der Waals surface area contributed by atoms with Crippen molar-refractivity contribution in [2.45, 2.75) is 19.3 Å². The maximum Gasteiger partial charge on any atom is 0.233 e. The number of imide groups is 1. The molecule has 106 valence electrons. The van der Waals surface area contributed by atoms with E-state index in [2.05, 4.69) is 31.1 Å². The standard InChI is InChI=1S/C13H13BrClN3O2/c14-8-6-16-7-9(15)11(8)18-3-1-13(2-4-18)5-10(19)17-12(13)20/h6-7H,1-5H2,(H,17,19,20). The first-order chi connectivity index (χ1) is 9.52. The topological polar surface area (TPSA) is 62.3 Å². The van der Waals surface area contributed by atoms with Gasteiger partial charge in [-0.1, -0.05) is 11.6 Å². The second-order valence-corrected chi connectivity index (χ2v) is 6.53. The molecular weight excluding hydrogens is 346 g/mol. The van der Waals surface area contributed by atoms with Crippen LogP contribution in [0.3, 0.4) is 0 Å². The molecular formula is C13H13BrClN3O2. The van der Waals surface area contributed by atoms with Crippen molar-refractivity contribution in [1.29, 1.82) is 0 Å². The summed E-state index contributed by atoms with van der Waals surface area (Å²) in [5, 5.41) is 3.00. The van der Waals surface area contributed by atoms with Gasteiger partial charge in [0.25, 0.3) is 0 Å². The molecule has 0 aromatic carbocycles. The predicted octanol–water partition coefficient (Wildman–Crippen LogP) is 2.13. The summed E-state index contributed by atoms with van der Waals surface area (Å²) in [6, 6.07) is 0. The Morgan fingerprint density at radius 1 is 1.30 bits per heavy atom. The summed E-state index contributed by atoms with van der Waals surface area (Å²) in [5.41, 5.74) is 0.390. The lowest BCUT2D eigenvalue weighted by atomic mass is 9.77. The van der Waals surface area contributed by atoms with Crippen LogP contribution in [-0.2, 0) is 9.59 Å². The summed E-state index contributed by atoms with van der Waals surface area (Å²) in [5.74, 6) is -0.284. The van der Waals surface area contributed by atoms with Crippen molar-refractivity contribution in [3.8, 4) is 0 Å². The van der Waals surface area contributed by atoms with Crippen LogP contribution in [0.1, 0.15) is 19.3 Å². The Bertz CT molecular complexity index is 565. The van der Waals surface area contributed by atoms with Gasteiger partial charge in [0.1, 0.15) is 0 Å². The minimum atomic E-state index is -0.514. The summed E-state index contributed by atoms with van der Waals surface area (Å²) in [7, 11) is 0. The fourth-order valence-electron chi connectivity index (χ4n) is 2.96. The predicted molar refractivity (Wildman–Crippen MR) is 78.6 cm³/mol. The number of nitrogens with one attached hydrogen (secondary N) is 1. The normalized spacial score (nSPS) is 21.4. The van der Waals surface area contributed by atoms with Crippen LogP contribution >= 0.6 is 27.5 Å². The lowest BCUT2D eigenvalue weighted by Crippen LogP contribution is -2.44. The molecule has 2 aliphatic rings. The van der Waals surface area contributed by atoms with Gasteiger partial charge in [-0.25, -0.2) is 0 Å². The van der Waals surface area contributed by atoms with Crippen LogP contribution in [0.2, 0.25) is 5.02 Å². The monoisotopic (exact) mass is 357 g/mol. The second kappa shape index (κ2) is 5.00. The molecule has 2 saturated heterocycles. The van der Waals surface area contributed by atoms with Gasteiger partial charge >= 0.3 is 0 Å². The Morgan fingerprint density at radius 2 is 2.00 bits per heavy atom. The molecule has 5 nitrogen and oxygen atoms in total. The van der Waals surface area contributed by atoms with Crippen LogP contribution in [0.5, 0.6) is 0 Å². The SMILES string of the molecule is O=C1CC2(CCN(c3c(Cl)cncc3Br)CC2)C(=O)N1. The van der Waals surface area contributed by atoms with Gasteiger partial charge in [-0.3, -0.25) is 19.9 Å². The quantitative estimate of drug-likeness (QED) is 0.781. The van der Waals surface area contributed by atoms with Gasteiger partial charge in [0.2, 0.25) is 11.8 Å². The minimum Gasteiger partial charge on any atom is -0.369 e. The van der Waals surface area contributed by atoms with E-state index in [9.17, 15) is 9.59 Å². The Kier molecular flexibility index (Phi) is 3.46. The number of anilines is 1. The number of aromatic nitrogens is 1. The Balaban J connectivity index is 1.79. The first kappa shape index (κ1) is 13.8. The number of nitrogens with zero attached hydrogens (tertiary/aromatic N) is 2. The summed E-state index contributed by atoms with van der Waals surface area (Å²) in [4.78, 5) is 29.5. The molecule has 2 fully saturated rings.